The van der Waals surface area contributed by atoms with E-state index < -0.39 is 12.1 Å². The monoisotopic (exact) mass is 326 g/mol. The van der Waals surface area contributed by atoms with Crippen molar-refractivity contribution in [1.82, 2.24) is 19.8 Å². The van der Waals surface area contributed by atoms with E-state index in [0.717, 1.165) is 17.0 Å². The average molecular weight is 326 g/mol. The van der Waals surface area contributed by atoms with Crippen LogP contribution in [0.15, 0.2) is 36.8 Å². The number of fused-ring (bicyclic) bond motifs is 2. The summed E-state index contributed by atoms with van der Waals surface area (Å²) >= 11 is 0. The summed E-state index contributed by atoms with van der Waals surface area (Å²) in [7, 11) is 1.59. The molecule has 0 fully saturated rings. The highest BCUT2D eigenvalue weighted by molar-refractivity contribution is 5.85. The number of benzene rings is 1. The van der Waals surface area contributed by atoms with E-state index in [1.165, 1.54) is 0 Å². The Hall–Kier alpha value is -2.83. The normalized spacial score (nSPS) is 21.6. The molecule has 2 aromatic rings. The van der Waals surface area contributed by atoms with Gasteiger partial charge in [-0.15, -0.1) is 0 Å². The maximum atomic E-state index is 12.9. The lowest BCUT2D eigenvalue weighted by Gasteiger charge is -2.34. The third-order valence-electron chi connectivity index (χ3n) is 4.61. The van der Waals surface area contributed by atoms with Crippen LogP contribution in [-0.2, 0) is 22.6 Å². The smallest absolute Gasteiger partial charge is 0.264 e. The van der Waals surface area contributed by atoms with Crippen molar-refractivity contribution in [3.8, 4) is 5.75 Å². The first-order chi connectivity index (χ1) is 11.7. The number of nitrogens with zero attached hydrogens (tertiary/aromatic N) is 3. The van der Waals surface area contributed by atoms with E-state index in [4.69, 9.17) is 4.74 Å². The Balaban J connectivity index is 1.55. The summed E-state index contributed by atoms with van der Waals surface area (Å²) in [5, 5.41) is 2.65. The number of carbonyl (C=O) groups excluding carboxylic acids is 2. The van der Waals surface area contributed by atoms with Gasteiger partial charge in [0.25, 0.3) is 5.91 Å². The van der Waals surface area contributed by atoms with Crippen molar-refractivity contribution in [2.45, 2.75) is 25.1 Å². The van der Waals surface area contributed by atoms with E-state index in [1.807, 2.05) is 28.8 Å². The second-order valence-corrected chi connectivity index (χ2v) is 6.06. The highest BCUT2D eigenvalue weighted by Crippen LogP contribution is 2.30. The molecule has 1 N–H and O–H groups in total. The molecule has 0 radical (unpaired) electrons. The largest absolute Gasteiger partial charge is 0.480 e. The Morgan fingerprint density at radius 2 is 2.17 bits per heavy atom. The molecule has 3 heterocycles. The van der Waals surface area contributed by atoms with Gasteiger partial charge in [0.2, 0.25) is 5.91 Å². The number of likely N-dealkylation sites (N-methyl/N-ethyl adjacent to an activating group) is 1. The third kappa shape index (κ3) is 2.33. The van der Waals surface area contributed by atoms with Crippen molar-refractivity contribution in [3.63, 3.8) is 0 Å². The molecule has 0 unspecified atom stereocenters. The summed E-state index contributed by atoms with van der Waals surface area (Å²) < 4.78 is 7.63. The minimum absolute atomic E-state index is 0.0902. The van der Waals surface area contributed by atoms with Crippen LogP contribution >= 0.6 is 0 Å². The molecule has 0 spiro atoms. The predicted octanol–water partition coefficient (Wildman–Crippen LogP) is 0.516. The van der Waals surface area contributed by atoms with E-state index in [0.29, 0.717) is 19.5 Å². The minimum atomic E-state index is -0.526. The molecule has 0 bridgehead atoms. The molecule has 24 heavy (non-hydrogen) atoms. The molecule has 4 rings (SSSR count). The quantitative estimate of drug-likeness (QED) is 0.873. The van der Waals surface area contributed by atoms with Gasteiger partial charge in [0.1, 0.15) is 11.8 Å². The zero-order valence-corrected chi connectivity index (χ0v) is 13.3. The van der Waals surface area contributed by atoms with Gasteiger partial charge < -0.3 is 19.5 Å². The SMILES string of the molecule is CNC(=O)[C@H]1CN(C(=O)[C@@H]2Cc3ccccc3O2)Cc2cncn21. The van der Waals surface area contributed by atoms with Crippen LogP contribution in [0.25, 0.3) is 0 Å². The highest BCUT2D eigenvalue weighted by Gasteiger charge is 2.37. The Kier molecular flexibility index (Phi) is 3.48. The average Bonchev–Trinajstić information content (AvgIpc) is 3.25. The molecule has 2 amide bonds. The number of para-hydroxylation sites is 1. The second kappa shape index (κ2) is 5.67. The van der Waals surface area contributed by atoms with E-state index in [9.17, 15) is 9.59 Å². The molecule has 2 aliphatic rings. The Morgan fingerprint density at radius 1 is 1.33 bits per heavy atom. The predicted molar refractivity (Wildman–Crippen MR) is 85.3 cm³/mol. The third-order valence-corrected chi connectivity index (χ3v) is 4.61. The van der Waals surface area contributed by atoms with Gasteiger partial charge >= 0.3 is 0 Å². The second-order valence-electron chi connectivity index (χ2n) is 6.06. The van der Waals surface area contributed by atoms with Crippen molar-refractivity contribution in [2.24, 2.45) is 0 Å². The number of ether oxygens (including phenoxy) is 1. The van der Waals surface area contributed by atoms with Crippen LogP contribution in [-0.4, -0.2) is 46.0 Å². The summed E-state index contributed by atoms with van der Waals surface area (Å²) in [5.41, 5.74) is 1.89. The van der Waals surface area contributed by atoms with Gasteiger partial charge in [-0.05, 0) is 11.6 Å². The van der Waals surface area contributed by atoms with Crippen LogP contribution in [0.4, 0.5) is 0 Å². The van der Waals surface area contributed by atoms with E-state index >= 15 is 0 Å². The molecule has 0 saturated heterocycles. The number of amides is 2. The standard InChI is InChI=1S/C17H18N4O3/c1-18-16(22)13-9-20(8-12-7-19-10-21(12)13)17(23)15-6-11-4-2-3-5-14(11)24-15/h2-5,7,10,13,15H,6,8-9H2,1H3,(H,18,22)/t13-,15+/m1/s1. The molecular formula is C17H18N4O3. The van der Waals surface area contributed by atoms with Gasteiger partial charge in [-0.1, -0.05) is 18.2 Å². The summed E-state index contributed by atoms with van der Waals surface area (Å²) in [6.07, 6.45) is 3.37. The summed E-state index contributed by atoms with van der Waals surface area (Å²) in [5.74, 6) is 0.538. The maximum absolute atomic E-state index is 12.9. The van der Waals surface area contributed by atoms with Crippen LogP contribution in [0.2, 0.25) is 0 Å². The fourth-order valence-electron chi connectivity index (χ4n) is 3.36. The van der Waals surface area contributed by atoms with Crippen molar-refractivity contribution >= 4 is 11.8 Å². The van der Waals surface area contributed by atoms with Crippen molar-refractivity contribution in [1.29, 1.82) is 0 Å². The molecule has 1 aromatic carbocycles. The number of carbonyl (C=O) groups is 2. The Morgan fingerprint density at radius 3 is 2.96 bits per heavy atom. The van der Waals surface area contributed by atoms with Crippen molar-refractivity contribution in [3.05, 3.63) is 48.0 Å². The van der Waals surface area contributed by atoms with Gasteiger partial charge in [0, 0.05) is 19.7 Å². The molecule has 124 valence electrons. The number of imidazole rings is 1. The van der Waals surface area contributed by atoms with Gasteiger partial charge in [-0.25, -0.2) is 4.98 Å². The zero-order valence-electron chi connectivity index (χ0n) is 13.3. The highest BCUT2D eigenvalue weighted by atomic mass is 16.5. The van der Waals surface area contributed by atoms with Gasteiger partial charge in [-0.3, -0.25) is 9.59 Å². The van der Waals surface area contributed by atoms with Crippen molar-refractivity contribution < 1.29 is 14.3 Å². The molecule has 2 atom stereocenters. The fraction of sp³-hybridized carbons (Fsp3) is 0.353. The maximum Gasteiger partial charge on any atom is 0.264 e. The van der Waals surface area contributed by atoms with Crippen LogP contribution < -0.4 is 10.1 Å². The number of aromatic nitrogens is 2. The number of rotatable bonds is 2. The topological polar surface area (TPSA) is 76.5 Å². The Bertz CT molecular complexity index is 776. The summed E-state index contributed by atoms with van der Waals surface area (Å²) in [6, 6.07) is 7.22. The van der Waals surface area contributed by atoms with E-state index in [-0.39, 0.29) is 11.8 Å². The molecule has 0 aliphatic carbocycles. The summed E-state index contributed by atoms with van der Waals surface area (Å²) in [4.78, 5) is 30.9. The molecule has 2 aliphatic heterocycles. The molecular weight excluding hydrogens is 308 g/mol. The first kappa shape index (κ1) is 14.7. The first-order valence-electron chi connectivity index (χ1n) is 7.93. The van der Waals surface area contributed by atoms with Gasteiger partial charge in [0.15, 0.2) is 6.10 Å². The number of hydrogen-bond acceptors (Lipinski definition) is 4. The lowest BCUT2D eigenvalue weighted by atomic mass is 10.1. The lowest BCUT2D eigenvalue weighted by Crippen LogP contribution is -2.49. The first-order valence-corrected chi connectivity index (χ1v) is 7.93. The van der Waals surface area contributed by atoms with E-state index in [2.05, 4.69) is 10.3 Å². The Labute approximate surface area is 139 Å². The minimum Gasteiger partial charge on any atom is -0.480 e. The van der Waals surface area contributed by atoms with Crippen molar-refractivity contribution in [2.75, 3.05) is 13.6 Å². The lowest BCUT2D eigenvalue weighted by molar-refractivity contribution is -0.141. The number of hydrogen-bond donors (Lipinski definition) is 1. The van der Waals surface area contributed by atoms with Crippen LogP contribution in [0.5, 0.6) is 5.75 Å². The van der Waals surface area contributed by atoms with Gasteiger partial charge in [-0.2, -0.15) is 0 Å². The molecule has 0 saturated carbocycles. The van der Waals surface area contributed by atoms with Crippen LogP contribution in [0, 0.1) is 0 Å². The molecule has 1 aromatic heterocycles. The zero-order chi connectivity index (χ0) is 16.7. The number of nitrogens with one attached hydrogen (secondary N) is 1. The van der Waals surface area contributed by atoms with Gasteiger partial charge in [0.05, 0.1) is 25.1 Å². The molecule has 7 nitrogen and oxygen atoms in total. The molecule has 7 heteroatoms. The van der Waals surface area contributed by atoms with E-state index in [1.54, 1.807) is 24.5 Å². The van der Waals surface area contributed by atoms with Crippen LogP contribution in [0.3, 0.4) is 0 Å². The van der Waals surface area contributed by atoms with Crippen LogP contribution in [0.1, 0.15) is 17.3 Å². The fourth-order valence-corrected chi connectivity index (χ4v) is 3.36. The summed E-state index contributed by atoms with van der Waals surface area (Å²) in [6.45, 7) is 0.751.